The molecule has 1 aliphatic carbocycles. The van der Waals surface area contributed by atoms with Gasteiger partial charge in [-0.3, -0.25) is 4.79 Å². The van der Waals surface area contributed by atoms with Gasteiger partial charge < -0.3 is 15.4 Å². The van der Waals surface area contributed by atoms with Crippen LogP contribution in [-0.2, 0) is 9.53 Å². The Morgan fingerprint density at radius 2 is 2.18 bits per heavy atom. The third kappa shape index (κ3) is 2.33. The van der Waals surface area contributed by atoms with Crippen LogP contribution in [-0.4, -0.2) is 38.3 Å². The summed E-state index contributed by atoms with van der Waals surface area (Å²) in [7, 11) is 0. The largest absolute Gasteiger partial charge is 0.379 e. The Morgan fingerprint density at radius 3 is 2.88 bits per heavy atom. The number of ether oxygens (including phenoxy) is 1. The molecule has 2 atom stereocenters. The first-order chi connectivity index (χ1) is 8.30. The van der Waals surface area contributed by atoms with Gasteiger partial charge in [0.2, 0.25) is 5.91 Å². The quantitative estimate of drug-likeness (QED) is 0.743. The average molecular weight is 238 g/mol. The van der Waals surface area contributed by atoms with Gasteiger partial charge in [-0.15, -0.1) is 0 Å². The summed E-state index contributed by atoms with van der Waals surface area (Å²) >= 11 is 0. The van der Waals surface area contributed by atoms with Crippen LogP contribution in [0.4, 0.5) is 0 Å². The van der Waals surface area contributed by atoms with Crippen LogP contribution < -0.4 is 10.6 Å². The SMILES string of the molecule is O=C(NC1CCCOC1)C1CC12CCNCC2. The van der Waals surface area contributed by atoms with Crippen molar-refractivity contribution >= 4 is 5.91 Å². The normalized spacial score (nSPS) is 35.5. The molecule has 2 unspecified atom stereocenters. The fraction of sp³-hybridized carbons (Fsp3) is 0.923. The lowest BCUT2D eigenvalue weighted by atomic mass is 9.91. The van der Waals surface area contributed by atoms with Crippen LogP contribution in [0.3, 0.4) is 0 Å². The van der Waals surface area contributed by atoms with E-state index in [0.29, 0.717) is 12.0 Å². The topological polar surface area (TPSA) is 50.4 Å². The van der Waals surface area contributed by atoms with Crippen molar-refractivity contribution in [3.05, 3.63) is 0 Å². The molecular formula is C13H22N2O2. The second-order valence-electron chi connectivity index (χ2n) is 5.79. The Kier molecular flexibility index (Phi) is 3.09. The molecule has 2 saturated heterocycles. The van der Waals surface area contributed by atoms with Gasteiger partial charge in [0.25, 0.3) is 0 Å². The Bertz CT molecular complexity index is 294. The summed E-state index contributed by atoms with van der Waals surface area (Å²) in [6, 6.07) is 0.260. The molecular weight excluding hydrogens is 216 g/mol. The highest BCUT2D eigenvalue weighted by atomic mass is 16.5. The van der Waals surface area contributed by atoms with Gasteiger partial charge >= 0.3 is 0 Å². The van der Waals surface area contributed by atoms with Crippen LogP contribution in [0, 0.1) is 11.3 Å². The summed E-state index contributed by atoms with van der Waals surface area (Å²) in [5.41, 5.74) is 0.352. The van der Waals surface area contributed by atoms with Gasteiger partial charge in [-0.2, -0.15) is 0 Å². The molecule has 0 aromatic carbocycles. The van der Waals surface area contributed by atoms with E-state index < -0.39 is 0 Å². The summed E-state index contributed by atoms with van der Waals surface area (Å²) < 4.78 is 5.40. The molecule has 4 heteroatoms. The number of amides is 1. The predicted molar refractivity (Wildman–Crippen MR) is 64.6 cm³/mol. The Balaban J connectivity index is 1.50. The second-order valence-corrected chi connectivity index (χ2v) is 5.79. The van der Waals surface area contributed by atoms with Gasteiger partial charge in [-0.05, 0) is 50.6 Å². The molecule has 1 amide bonds. The number of carbonyl (C=O) groups excluding carboxylic acids is 1. The first-order valence-corrected chi connectivity index (χ1v) is 6.89. The molecule has 3 aliphatic rings. The zero-order valence-electron chi connectivity index (χ0n) is 10.3. The third-order valence-corrected chi connectivity index (χ3v) is 4.61. The van der Waals surface area contributed by atoms with E-state index in [2.05, 4.69) is 10.6 Å². The highest BCUT2D eigenvalue weighted by Gasteiger charge is 2.57. The van der Waals surface area contributed by atoms with Gasteiger partial charge in [-0.1, -0.05) is 0 Å². The predicted octanol–water partition coefficient (Wildman–Crippen LogP) is 0.671. The minimum atomic E-state index is 0.260. The van der Waals surface area contributed by atoms with E-state index in [1.807, 2.05) is 0 Å². The lowest BCUT2D eigenvalue weighted by molar-refractivity contribution is -0.124. The van der Waals surface area contributed by atoms with E-state index >= 15 is 0 Å². The molecule has 4 nitrogen and oxygen atoms in total. The summed E-state index contributed by atoms with van der Waals surface area (Å²) in [4.78, 5) is 12.2. The molecule has 3 fully saturated rings. The molecule has 2 N–H and O–H groups in total. The summed E-state index contributed by atoms with van der Waals surface area (Å²) in [6.07, 6.45) is 5.60. The van der Waals surface area contributed by atoms with Crippen LogP contribution in [0.15, 0.2) is 0 Å². The number of carbonyl (C=O) groups is 1. The number of hydrogen-bond donors (Lipinski definition) is 2. The molecule has 2 heterocycles. The summed E-state index contributed by atoms with van der Waals surface area (Å²) in [5, 5.41) is 6.54. The standard InChI is InChI=1S/C13H22N2O2/c16-12(15-10-2-1-7-17-9-10)11-8-13(11)3-5-14-6-4-13/h10-11,14H,1-9H2,(H,15,16). The third-order valence-electron chi connectivity index (χ3n) is 4.61. The number of hydrogen-bond acceptors (Lipinski definition) is 3. The molecule has 96 valence electrons. The van der Waals surface area contributed by atoms with Crippen LogP contribution in [0.25, 0.3) is 0 Å². The monoisotopic (exact) mass is 238 g/mol. The minimum Gasteiger partial charge on any atom is -0.379 e. The highest BCUT2D eigenvalue weighted by Crippen LogP contribution is 2.58. The molecule has 0 aromatic heterocycles. The maximum absolute atomic E-state index is 12.2. The smallest absolute Gasteiger partial charge is 0.223 e. The van der Waals surface area contributed by atoms with Gasteiger partial charge in [0.05, 0.1) is 12.6 Å². The fourth-order valence-corrected chi connectivity index (χ4v) is 3.35. The lowest BCUT2D eigenvalue weighted by Gasteiger charge is -2.26. The first-order valence-electron chi connectivity index (χ1n) is 6.89. The molecule has 0 bridgehead atoms. The molecule has 17 heavy (non-hydrogen) atoms. The van der Waals surface area contributed by atoms with E-state index in [1.54, 1.807) is 0 Å². The van der Waals surface area contributed by atoms with Crippen LogP contribution >= 0.6 is 0 Å². The maximum Gasteiger partial charge on any atom is 0.223 e. The van der Waals surface area contributed by atoms with Crippen molar-refractivity contribution in [2.24, 2.45) is 11.3 Å². The zero-order chi connectivity index (χ0) is 11.7. The van der Waals surface area contributed by atoms with Crippen molar-refractivity contribution in [1.29, 1.82) is 0 Å². The number of rotatable bonds is 2. The second kappa shape index (κ2) is 4.58. The molecule has 2 aliphatic heterocycles. The van der Waals surface area contributed by atoms with E-state index in [1.165, 1.54) is 12.8 Å². The van der Waals surface area contributed by atoms with Gasteiger partial charge in [0.1, 0.15) is 0 Å². The lowest BCUT2D eigenvalue weighted by Crippen LogP contribution is -2.42. The highest BCUT2D eigenvalue weighted by molar-refractivity contribution is 5.82. The number of piperidine rings is 1. The molecule has 1 saturated carbocycles. The van der Waals surface area contributed by atoms with Gasteiger partial charge in [0, 0.05) is 12.5 Å². The van der Waals surface area contributed by atoms with Crippen molar-refractivity contribution in [3.63, 3.8) is 0 Å². The van der Waals surface area contributed by atoms with Gasteiger partial charge in [0.15, 0.2) is 0 Å². The van der Waals surface area contributed by atoms with Crippen molar-refractivity contribution < 1.29 is 9.53 Å². The molecule has 0 aromatic rings. The Labute approximate surface area is 102 Å². The van der Waals surface area contributed by atoms with E-state index in [9.17, 15) is 4.79 Å². The average Bonchev–Trinajstić information content (AvgIpc) is 3.05. The van der Waals surface area contributed by atoms with Crippen molar-refractivity contribution in [3.8, 4) is 0 Å². The van der Waals surface area contributed by atoms with Crippen LogP contribution in [0.1, 0.15) is 32.1 Å². The Morgan fingerprint density at radius 1 is 1.35 bits per heavy atom. The molecule has 0 radical (unpaired) electrons. The van der Waals surface area contributed by atoms with Crippen molar-refractivity contribution in [2.75, 3.05) is 26.3 Å². The van der Waals surface area contributed by atoms with E-state index in [-0.39, 0.29) is 17.9 Å². The number of nitrogens with one attached hydrogen (secondary N) is 2. The van der Waals surface area contributed by atoms with E-state index in [0.717, 1.165) is 39.0 Å². The summed E-state index contributed by atoms with van der Waals surface area (Å²) in [5.74, 6) is 0.564. The van der Waals surface area contributed by atoms with Crippen molar-refractivity contribution in [1.82, 2.24) is 10.6 Å². The molecule has 3 rings (SSSR count). The Hall–Kier alpha value is -0.610. The molecule has 1 spiro atoms. The van der Waals surface area contributed by atoms with E-state index in [4.69, 9.17) is 4.74 Å². The maximum atomic E-state index is 12.2. The van der Waals surface area contributed by atoms with Crippen LogP contribution in [0.2, 0.25) is 0 Å². The van der Waals surface area contributed by atoms with Crippen LogP contribution in [0.5, 0.6) is 0 Å². The zero-order valence-corrected chi connectivity index (χ0v) is 10.3. The van der Waals surface area contributed by atoms with Crippen molar-refractivity contribution in [2.45, 2.75) is 38.1 Å². The first kappa shape index (κ1) is 11.5. The summed E-state index contributed by atoms with van der Waals surface area (Å²) in [6.45, 7) is 3.71. The fourth-order valence-electron chi connectivity index (χ4n) is 3.35. The van der Waals surface area contributed by atoms with Gasteiger partial charge in [-0.25, -0.2) is 0 Å². The minimum absolute atomic E-state index is 0.260.